The molecule has 0 amide bonds. The van der Waals surface area contributed by atoms with E-state index < -0.39 is 5.97 Å². The summed E-state index contributed by atoms with van der Waals surface area (Å²) in [7, 11) is 0. The van der Waals surface area contributed by atoms with Crippen molar-refractivity contribution in [2.75, 3.05) is 0 Å². The van der Waals surface area contributed by atoms with Crippen LogP contribution in [0, 0.1) is 0 Å². The zero-order valence-corrected chi connectivity index (χ0v) is 16.0. The van der Waals surface area contributed by atoms with Crippen LogP contribution in [0.3, 0.4) is 0 Å². The lowest BCUT2D eigenvalue weighted by molar-refractivity contribution is -0.137. The molecule has 0 bridgehead atoms. The van der Waals surface area contributed by atoms with Crippen LogP contribution in [0.2, 0.25) is 0 Å². The quantitative estimate of drug-likeness (QED) is 0.208. The fourth-order valence-electron chi connectivity index (χ4n) is 2.76. The van der Waals surface area contributed by atoms with Gasteiger partial charge in [-0.2, -0.15) is 0 Å². The van der Waals surface area contributed by atoms with E-state index in [9.17, 15) is 4.79 Å². The molecule has 0 spiro atoms. The van der Waals surface area contributed by atoms with Gasteiger partial charge in [-0.15, -0.1) is 0 Å². The van der Waals surface area contributed by atoms with E-state index in [2.05, 4.69) is 31.2 Å². The summed E-state index contributed by atoms with van der Waals surface area (Å²) >= 11 is 0. The first-order valence-corrected chi connectivity index (χ1v) is 10.3. The monoisotopic (exact) mass is 336 g/mol. The fourth-order valence-corrected chi connectivity index (χ4v) is 2.76. The van der Waals surface area contributed by atoms with Crippen molar-refractivity contribution in [1.82, 2.24) is 0 Å². The Labute approximate surface area is 150 Å². The van der Waals surface area contributed by atoms with Crippen molar-refractivity contribution in [1.29, 1.82) is 0 Å². The normalized spacial score (nSPS) is 11.7. The van der Waals surface area contributed by atoms with Crippen molar-refractivity contribution in [3.63, 3.8) is 0 Å². The number of hydrogen-bond donors (Lipinski definition) is 1. The van der Waals surface area contributed by atoms with Crippen LogP contribution in [-0.4, -0.2) is 11.1 Å². The third-order valence-electron chi connectivity index (χ3n) is 4.31. The van der Waals surface area contributed by atoms with Gasteiger partial charge in [0.05, 0.1) is 0 Å². The molecule has 1 N–H and O–H groups in total. The number of unbranched alkanes of at least 4 members (excludes halogenated alkanes) is 12. The molecule has 0 rings (SSSR count). The lowest BCUT2D eigenvalue weighted by atomic mass is 10.1. The molecule has 2 heteroatoms. The average Bonchev–Trinajstić information content (AvgIpc) is 2.56. The molecule has 0 fully saturated rings. The molecule has 0 aromatic rings. The van der Waals surface area contributed by atoms with Crippen LogP contribution in [0.4, 0.5) is 0 Å². The summed E-state index contributed by atoms with van der Waals surface area (Å²) in [5.41, 5.74) is 0. The summed E-state index contributed by atoms with van der Waals surface area (Å²) < 4.78 is 0. The van der Waals surface area contributed by atoms with E-state index in [0.717, 1.165) is 19.3 Å². The smallest absolute Gasteiger partial charge is 0.303 e. The van der Waals surface area contributed by atoms with Gasteiger partial charge >= 0.3 is 5.97 Å². The predicted molar refractivity (Wildman–Crippen MR) is 105 cm³/mol. The average molecular weight is 337 g/mol. The zero-order chi connectivity index (χ0) is 17.7. The van der Waals surface area contributed by atoms with Crippen molar-refractivity contribution in [2.24, 2.45) is 0 Å². The molecule has 24 heavy (non-hydrogen) atoms. The van der Waals surface area contributed by atoms with Crippen molar-refractivity contribution in [3.8, 4) is 0 Å². The van der Waals surface area contributed by atoms with E-state index >= 15 is 0 Å². The van der Waals surface area contributed by atoms with Crippen LogP contribution in [-0.2, 0) is 4.79 Å². The lowest BCUT2D eigenvalue weighted by Crippen LogP contribution is -1.92. The lowest BCUT2D eigenvalue weighted by Gasteiger charge is -1.98. The van der Waals surface area contributed by atoms with Gasteiger partial charge in [-0.05, 0) is 51.4 Å². The van der Waals surface area contributed by atoms with Gasteiger partial charge in [0, 0.05) is 6.42 Å². The first kappa shape index (κ1) is 22.9. The number of rotatable bonds is 18. The molecule has 0 aromatic heterocycles. The van der Waals surface area contributed by atoms with Gasteiger partial charge in [-0.3, -0.25) is 4.79 Å². The first-order chi connectivity index (χ1) is 11.8. The minimum absolute atomic E-state index is 0.288. The van der Waals surface area contributed by atoms with Crippen molar-refractivity contribution in [2.45, 2.75) is 110 Å². The summed E-state index contributed by atoms with van der Waals surface area (Å²) in [5.74, 6) is -0.690. The largest absolute Gasteiger partial charge is 0.481 e. The molecular formula is C22H40O2. The molecular weight excluding hydrogens is 296 g/mol. The van der Waals surface area contributed by atoms with Crippen LogP contribution in [0.1, 0.15) is 110 Å². The number of carbonyl (C=O) groups is 1. The van der Waals surface area contributed by atoms with Crippen LogP contribution < -0.4 is 0 Å². The highest BCUT2D eigenvalue weighted by Gasteiger charge is 1.93. The van der Waals surface area contributed by atoms with Gasteiger partial charge in [0.25, 0.3) is 0 Å². The molecule has 2 nitrogen and oxygen atoms in total. The minimum atomic E-state index is -0.690. The molecule has 0 saturated carbocycles. The van der Waals surface area contributed by atoms with Gasteiger partial charge in [-0.25, -0.2) is 0 Å². The topological polar surface area (TPSA) is 37.3 Å². The minimum Gasteiger partial charge on any atom is -0.481 e. The highest BCUT2D eigenvalue weighted by molar-refractivity contribution is 5.66. The van der Waals surface area contributed by atoms with Crippen molar-refractivity contribution < 1.29 is 9.90 Å². The Morgan fingerprint density at radius 3 is 1.42 bits per heavy atom. The second-order valence-corrected chi connectivity index (χ2v) is 6.78. The Kier molecular flexibility index (Phi) is 19.1. The van der Waals surface area contributed by atoms with Gasteiger partial charge in [-0.1, -0.05) is 76.2 Å². The number of hydrogen-bond acceptors (Lipinski definition) is 1. The number of aliphatic carboxylic acids is 1. The van der Waals surface area contributed by atoms with Gasteiger partial charge in [0.2, 0.25) is 0 Å². The Hall–Kier alpha value is -1.05. The second-order valence-electron chi connectivity index (χ2n) is 6.78. The van der Waals surface area contributed by atoms with Crippen LogP contribution in [0.5, 0.6) is 0 Å². The predicted octanol–water partition coefficient (Wildman–Crippen LogP) is 7.44. The zero-order valence-electron chi connectivity index (χ0n) is 16.0. The number of carboxylic acids is 1. The standard InChI is InChI=1S/C22H40O2/c1-2-3-4-5-6-7-8-9-10-11-12-13-14-15-16-17-18-19-20-21-22(23)24/h9-10,17-18H,2-8,11-16,19-21H2,1H3,(H,23,24)/b10-9?,18-17-. The molecule has 0 aliphatic rings. The van der Waals surface area contributed by atoms with Crippen LogP contribution >= 0.6 is 0 Å². The summed E-state index contributed by atoms with van der Waals surface area (Å²) in [6.07, 6.45) is 28.2. The Morgan fingerprint density at radius 2 is 1.00 bits per heavy atom. The number of allylic oxidation sites excluding steroid dienone is 4. The van der Waals surface area contributed by atoms with Crippen molar-refractivity contribution in [3.05, 3.63) is 24.3 Å². The third kappa shape index (κ3) is 20.9. The third-order valence-corrected chi connectivity index (χ3v) is 4.31. The molecule has 0 heterocycles. The SMILES string of the molecule is CCCCCCCCC=CCCCCCC/C=C\CCCC(=O)O. The Balaban J connectivity index is 3.15. The molecule has 0 aliphatic heterocycles. The first-order valence-electron chi connectivity index (χ1n) is 10.3. The molecule has 0 unspecified atom stereocenters. The maximum atomic E-state index is 10.4. The maximum absolute atomic E-state index is 10.4. The fraction of sp³-hybridized carbons (Fsp3) is 0.773. The second kappa shape index (κ2) is 20.0. The van der Waals surface area contributed by atoms with E-state index in [1.165, 1.54) is 77.0 Å². The van der Waals surface area contributed by atoms with E-state index in [1.54, 1.807) is 0 Å². The summed E-state index contributed by atoms with van der Waals surface area (Å²) in [6, 6.07) is 0. The highest BCUT2D eigenvalue weighted by atomic mass is 16.4. The highest BCUT2D eigenvalue weighted by Crippen LogP contribution is 2.09. The molecule has 140 valence electrons. The summed E-state index contributed by atoms with van der Waals surface area (Å²) in [6.45, 7) is 2.27. The van der Waals surface area contributed by atoms with Crippen LogP contribution in [0.15, 0.2) is 24.3 Å². The molecule has 0 aromatic carbocycles. The van der Waals surface area contributed by atoms with E-state index in [-0.39, 0.29) is 6.42 Å². The molecule has 0 radical (unpaired) electrons. The number of carboxylic acid groups (broad SMARTS) is 1. The van der Waals surface area contributed by atoms with E-state index in [1.807, 2.05) is 0 Å². The Bertz CT molecular complexity index is 318. The van der Waals surface area contributed by atoms with Crippen molar-refractivity contribution >= 4 is 5.97 Å². The molecule has 0 atom stereocenters. The van der Waals surface area contributed by atoms with E-state index in [0.29, 0.717) is 0 Å². The summed E-state index contributed by atoms with van der Waals surface area (Å²) in [4.78, 5) is 10.4. The maximum Gasteiger partial charge on any atom is 0.303 e. The van der Waals surface area contributed by atoms with Crippen LogP contribution in [0.25, 0.3) is 0 Å². The van der Waals surface area contributed by atoms with Gasteiger partial charge in [0.1, 0.15) is 0 Å². The Morgan fingerprint density at radius 1 is 0.625 bits per heavy atom. The van der Waals surface area contributed by atoms with Gasteiger partial charge in [0.15, 0.2) is 0 Å². The van der Waals surface area contributed by atoms with E-state index in [4.69, 9.17) is 5.11 Å². The summed E-state index contributed by atoms with van der Waals surface area (Å²) in [5, 5.41) is 8.53. The molecule has 0 saturated heterocycles. The molecule has 0 aliphatic carbocycles. The van der Waals surface area contributed by atoms with Gasteiger partial charge < -0.3 is 5.11 Å².